The van der Waals surface area contributed by atoms with Gasteiger partial charge >= 0.3 is 0 Å². The van der Waals surface area contributed by atoms with E-state index in [0.717, 1.165) is 12.8 Å². The zero-order chi connectivity index (χ0) is 18.8. The second-order valence-electron chi connectivity index (χ2n) is 8.02. The summed E-state index contributed by atoms with van der Waals surface area (Å²) in [5, 5.41) is 0. The van der Waals surface area contributed by atoms with E-state index < -0.39 is 0 Å². The van der Waals surface area contributed by atoms with Crippen molar-refractivity contribution in [3.63, 3.8) is 0 Å². The lowest BCUT2D eigenvalue weighted by atomic mass is 9.88. The van der Waals surface area contributed by atoms with E-state index in [2.05, 4.69) is 20.8 Å². The number of hydrogen-bond acceptors (Lipinski definition) is 2. The first-order valence-corrected chi connectivity index (χ1v) is 11.2. The van der Waals surface area contributed by atoms with Gasteiger partial charge in [0.2, 0.25) is 0 Å². The molecule has 0 amide bonds. The predicted octanol–water partition coefficient (Wildman–Crippen LogP) is 7.69. The average Bonchev–Trinajstić information content (AvgIpc) is 2.63. The van der Waals surface area contributed by atoms with E-state index in [4.69, 9.17) is 9.47 Å². The Bertz CT molecular complexity index is 267. The third-order valence-electron chi connectivity index (χ3n) is 5.78. The Hall–Kier alpha value is -0.0800. The van der Waals surface area contributed by atoms with Gasteiger partial charge in [-0.25, -0.2) is 0 Å². The number of methoxy groups -OCH3 is 2. The van der Waals surface area contributed by atoms with Gasteiger partial charge in [0.15, 0.2) is 0 Å². The van der Waals surface area contributed by atoms with Gasteiger partial charge in [-0.05, 0) is 19.8 Å². The van der Waals surface area contributed by atoms with Crippen molar-refractivity contribution < 1.29 is 9.47 Å². The fourth-order valence-electron chi connectivity index (χ4n) is 3.79. The molecule has 25 heavy (non-hydrogen) atoms. The maximum Gasteiger partial charge on any atom is 0.0911 e. The molecule has 0 aliphatic rings. The van der Waals surface area contributed by atoms with Crippen molar-refractivity contribution in [3.05, 3.63) is 0 Å². The van der Waals surface area contributed by atoms with Crippen molar-refractivity contribution in [1.29, 1.82) is 0 Å². The van der Waals surface area contributed by atoms with Crippen LogP contribution in [0.25, 0.3) is 0 Å². The van der Waals surface area contributed by atoms with Crippen LogP contribution in [-0.2, 0) is 9.47 Å². The molecule has 0 aromatic rings. The van der Waals surface area contributed by atoms with Gasteiger partial charge < -0.3 is 9.47 Å². The summed E-state index contributed by atoms with van der Waals surface area (Å²) in [5.41, 5.74) is -0.125. The van der Waals surface area contributed by atoms with Crippen molar-refractivity contribution in [2.45, 2.75) is 135 Å². The largest absolute Gasteiger partial charge is 0.378 e. The number of unbranched alkanes of at least 4 members (excludes halogenated alkanes) is 12. The van der Waals surface area contributed by atoms with Crippen molar-refractivity contribution >= 4 is 0 Å². The van der Waals surface area contributed by atoms with E-state index in [0.29, 0.717) is 0 Å². The maximum absolute atomic E-state index is 5.92. The van der Waals surface area contributed by atoms with E-state index in [-0.39, 0.29) is 11.7 Å². The van der Waals surface area contributed by atoms with Gasteiger partial charge in [0.05, 0.1) is 11.7 Å². The van der Waals surface area contributed by atoms with Crippen LogP contribution in [0.2, 0.25) is 0 Å². The molecule has 0 radical (unpaired) electrons. The third-order valence-corrected chi connectivity index (χ3v) is 5.78. The molecule has 0 saturated heterocycles. The Kier molecular flexibility index (Phi) is 17.3. The quantitative estimate of drug-likeness (QED) is 0.221. The molecule has 152 valence electrons. The van der Waals surface area contributed by atoms with Crippen molar-refractivity contribution in [3.8, 4) is 0 Å². The highest BCUT2D eigenvalue weighted by molar-refractivity contribution is 4.85. The summed E-state index contributed by atoms with van der Waals surface area (Å²) in [6.07, 6.45) is 21.4. The minimum absolute atomic E-state index is 0.125. The van der Waals surface area contributed by atoms with Crippen LogP contribution in [0.5, 0.6) is 0 Å². The van der Waals surface area contributed by atoms with Crippen LogP contribution in [0.3, 0.4) is 0 Å². The smallest absolute Gasteiger partial charge is 0.0911 e. The van der Waals surface area contributed by atoms with Crippen LogP contribution in [0.15, 0.2) is 0 Å². The molecule has 0 bridgehead atoms. The number of hydrogen-bond donors (Lipinski definition) is 0. The molecule has 2 nitrogen and oxygen atoms in total. The van der Waals surface area contributed by atoms with Crippen LogP contribution < -0.4 is 0 Å². The highest BCUT2D eigenvalue weighted by atomic mass is 16.5. The summed E-state index contributed by atoms with van der Waals surface area (Å²) in [6, 6.07) is 0. The van der Waals surface area contributed by atoms with Gasteiger partial charge in [-0.2, -0.15) is 0 Å². The molecule has 0 saturated carbocycles. The highest BCUT2D eigenvalue weighted by Gasteiger charge is 2.33. The molecule has 0 aromatic heterocycles. The monoisotopic (exact) mass is 356 g/mol. The van der Waals surface area contributed by atoms with Crippen molar-refractivity contribution in [2.24, 2.45) is 0 Å². The molecule has 0 spiro atoms. The SMILES string of the molecule is CCCCCCCCCCC(C)(OC)C(CCCCCCCC)OC. The molecular formula is C23H48O2. The predicted molar refractivity (Wildman–Crippen MR) is 111 cm³/mol. The molecule has 0 aliphatic carbocycles. The zero-order valence-corrected chi connectivity index (χ0v) is 18.2. The van der Waals surface area contributed by atoms with Crippen LogP contribution in [0, 0.1) is 0 Å². The first-order chi connectivity index (χ1) is 12.1. The normalized spacial score (nSPS) is 15.2. The second kappa shape index (κ2) is 17.3. The molecule has 0 N–H and O–H groups in total. The average molecular weight is 357 g/mol. The molecule has 0 rings (SSSR count). The van der Waals surface area contributed by atoms with E-state index in [1.807, 2.05) is 14.2 Å². The molecule has 0 heterocycles. The van der Waals surface area contributed by atoms with E-state index in [9.17, 15) is 0 Å². The summed E-state index contributed by atoms with van der Waals surface area (Å²) in [5.74, 6) is 0. The summed E-state index contributed by atoms with van der Waals surface area (Å²) >= 11 is 0. The summed E-state index contributed by atoms with van der Waals surface area (Å²) in [4.78, 5) is 0. The number of rotatable bonds is 19. The Labute approximate surface area is 159 Å². The topological polar surface area (TPSA) is 18.5 Å². The minimum Gasteiger partial charge on any atom is -0.378 e. The van der Waals surface area contributed by atoms with E-state index in [1.165, 1.54) is 89.9 Å². The maximum atomic E-state index is 5.92. The van der Waals surface area contributed by atoms with Gasteiger partial charge in [0.1, 0.15) is 0 Å². The summed E-state index contributed by atoms with van der Waals surface area (Å²) < 4.78 is 11.8. The van der Waals surface area contributed by atoms with Crippen molar-refractivity contribution in [1.82, 2.24) is 0 Å². The summed E-state index contributed by atoms with van der Waals surface area (Å²) in [7, 11) is 3.71. The lowest BCUT2D eigenvalue weighted by Gasteiger charge is -2.36. The van der Waals surface area contributed by atoms with Crippen LogP contribution in [0.1, 0.15) is 124 Å². The summed E-state index contributed by atoms with van der Waals surface area (Å²) in [6.45, 7) is 6.80. The molecule has 2 heteroatoms. The third kappa shape index (κ3) is 12.8. The lowest BCUT2D eigenvalue weighted by Crippen LogP contribution is -2.42. The first kappa shape index (κ1) is 24.9. The van der Waals surface area contributed by atoms with Crippen molar-refractivity contribution in [2.75, 3.05) is 14.2 Å². The Morgan fingerprint density at radius 2 is 1.08 bits per heavy atom. The van der Waals surface area contributed by atoms with Gasteiger partial charge in [0.25, 0.3) is 0 Å². The van der Waals surface area contributed by atoms with Gasteiger partial charge in [0, 0.05) is 14.2 Å². The first-order valence-electron chi connectivity index (χ1n) is 11.2. The van der Waals surface area contributed by atoms with Crippen LogP contribution in [0.4, 0.5) is 0 Å². The highest BCUT2D eigenvalue weighted by Crippen LogP contribution is 2.28. The molecule has 0 aromatic carbocycles. The van der Waals surface area contributed by atoms with Gasteiger partial charge in [-0.3, -0.25) is 0 Å². The lowest BCUT2D eigenvalue weighted by molar-refractivity contribution is -0.115. The van der Waals surface area contributed by atoms with E-state index in [1.54, 1.807) is 0 Å². The molecule has 0 fully saturated rings. The second-order valence-corrected chi connectivity index (χ2v) is 8.02. The fraction of sp³-hybridized carbons (Fsp3) is 1.00. The molecule has 2 atom stereocenters. The Morgan fingerprint density at radius 1 is 0.640 bits per heavy atom. The molecule has 0 aliphatic heterocycles. The minimum atomic E-state index is -0.125. The zero-order valence-electron chi connectivity index (χ0n) is 18.2. The van der Waals surface area contributed by atoms with Gasteiger partial charge in [-0.15, -0.1) is 0 Å². The van der Waals surface area contributed by atoms with Crippen LogP contribution in [-0.4, -0.2) is 25.9 Å². The standard InChI is InChI=1S/C23H48O2/c1-6-8-10-12-14-15-17-19-21-23(3,25-5)22(24-4)20-18-16-13-11-9-7-2/h22H,6-21H2,1-5H3. The Balaban J connectivity index is 3.94. The Morgan fingerprint density at radius 3 is 1.52 bits per heavy atom. The van der Waals surface area contributed by atoms with E-state index >= 15 is 0 Å². The molecule has 2 unspecified atom stereocenters. The van der Waals surface area contributed by atoms with Gasteiger partial charge in [-0.1, -0.05) is 104 Å². The molecular weight excluding hydrogens is 308 g/mol. The van der Waals surface area contributed by atoms with Crippen LogP contribution >= 0.6 is 0 Å². The fourth-order valence-corrected chi connectivity index (χ4v) is 3.79. The number of ether oxygens (including phenoxy) is 2.